The standard InChI is InChI=1S/C8H13N3O2/c1-13-7(12)6-4-2-3-5-8(6,9)11-10/h2-6,11H,9-10H2,1H3. The van der Waals surface area contributed by atoms with Crippen LogP contribution in [0.15, 0.2) is 24.3 Å². The molecule has 0 aromatic heterocycles. The Bertz CT molecular complexity index is 262. The SMILES string of the molecule is COC(=O)C1C=CC=CC1(N)NN. The summed E-state index contributed by atoms with van der Waals surface area (Å²) < 4.78 is 4.59. The fourth-order valence-electron chi connectivity index (χ4n) is 1.19. The third-order valence-corrected chi connectivity index (χ3v) is 2.01. The van der Waals surface area contributed by atoms with Crippen molar-refractivity contribution in [1.29, 1.82) is 0 Å². The van der Waals surface area contributed by atoms with Gasteiger partial charge < -0.3 is 10.5 Å². The zero-order valence-electron chi connectivity index (χ0n) is 7.36. The first-order chi connectivity index (χ1) is 6.14. The molecule has 1 rings (SSSR count). The van der Waals surface area contributed by atoms with Crippen molar-refractivity contribution in [1.82, 2.24) is 5.43 Å². The van der Waals surface area contributed by atoms with Gasteiger partial charge in [-0.2, -0.15) is 0 Å². The van der Waals surface area contributed by atoms with E-state index in [0.717, 1.165) is 0 Å². The van der Waals surface area contributed by atoms with Crippen LogP contribution in [0.4, 0.5) is 0 Å². The number of hydrazine groups is 1. The Morgan fingerprint density at radius 1 is 1.62 bits per heavy atom. The van der Waals surface area contributed by atoms with Crippen LogP contribution in [-0.2, 0) is 9.53 Å². The van der Waals surface area contributed by atoms with Gasteiger partial charge in [0.1, 0.15) is 11.6 Å². The molecule has 0 aromatic rings. The number of nitrogens with one attached hydrogen (secondary N) is 1. The molecule has 0 spiro atoms. The fraction of sp³-hybridized carbons (Fsp3) is 0.375. The van der Waals surface area contributed by atoms with Crippen molar-refractivity contribution in [3.63, 3.8) is 0 Å². The van der Waals surface area contributed by atoms with E-state index in [2.05, 4.69) is 10.2 Å². The molecule has 0 bridgehead atoms. The lowest BCUT2D eigenvalue weighted by atomic mass is 9.89. The summed E-state index contributed by atoms with van der Waals surface area (Å²) in [5, 5.41) is 0. The van der Waals surface area contributed by atoms with Gasteiger partial charge in [0.15, 0.2) is 0 Å². The number of rotatable bonds is 2. The number of carbonyl (C=O) groups excluding carboxylic acids is 1. The summed E-state index contributed by atoms with van der Waals surface area (Å²) in [6.45, 7) is 0. The number of hydrogen-bond donors (Lipinski definition) is 3. The van der Waals surface area contributed by atoms with Crippen molar-refractivity contribution < 1.29 is 9.53 Å². The van der Waals surface area contributed by atoms with Crippen LogP contribution in [0.3, 0.4) is 0 Å². The summed E-state index contributed by atoms with van der Waals surface area (Å²) in [4.78, 5) is 11.3. The molecular formula is C8H13N3O2. The van der Waals surface area contributed by atoms with Gasteiger partial charge in [-0.05, 0) is 6.08 Å². The topological polar surface area (TPSA) is 90.4 Å². The highest BCUT2D eigenvalue weighted by molar-refractivity contribution is 5.77. The van der Waals surface area contributed by atoms with Crippen molar-refractivity contribution in [2.75, 3.05) is 7.11 Å². The van der Waals surface area contributed by atoms with Gasteiger partial charge >= 0.3 is 5.97 Å². The summed E-state index contributed by atoms with van der Waals surface area (Å²) in [6, 6.07) is 0. The van der Waals surface area contributed by atoms with E-state index >= 15 is 0 Å². The van der Waals surface area contributed by atoms with Gasteiger partial charge in [0.25, 0.3) is 0 Å². The molecule has 0 aromatic carbocycles. The summed E-state index contributed by atoms with van der Waals surface area (Å²) in [6.07, 6.45) is 6.71. The molecule has 1 aliphatic rings. The quantitative estimate of drug-likeness (QED) is 0.221. The van der Waals surface area contributed by atoms with Crippen LogP contribution in [-0.4, -0.2) is 18.7 Å². The number of allylic oxidation sites excluding steroid dienone is 2. The van der Waals surface area contributed by atoms with Crippen molar-refractivity contribution in [3.05, 3.63) is 24.3 Å². The Morgan fingerprint density at radius 2 is 2.31 bits per heavy atom. The van der Waals surface area contributed by atoms with E-state index in [1.807, 2.05) is 0 Å². The Labute approximate surface area is 76.4 Å². The van der Waals surface area contributed by atoms with E-state index in [9.17, 15) is 4.79 Å². The highest BCUT2D eigenvalue weighted by Crippen LogP contribution is 2.19. The van der Waals surface area contributed by atoms with Crippen LogP contribution >= 0.6 is 0 Å². The highest BCUT2D eigenvalue weighted by Gasteiger charge is 2.37. The van der Waals surface area contributed by atoms with E-state index in [1.165, 1.54) is 7.11 Å². The summed E-state index contributed by atoms with van der Waals surface area (Å²) in [7, 11) is 1.31. The van der Waals surface area contributed by atoms with Gasteiger partial charge in [-0.25, -0.2) is 5.43 Å². The van der Waals surface area contributed by atoms with Crippen LogP contribution in [0.2, 0.25) is 0 Å². The van der Waals surface area contributed by atoms with Crippen LogP contribution < -0.4 is 17.0 Å². The zero-order chi connectivity index (χ0) is 9.90. The first-order valence-corrected chi connectivity index (χ1v) is 3.84. The third kappa shape index (κ3) is 1.77. The van der Waals surface area contributed by atoms with Gasteiger partial charge in [0, 0.05) is 0 Å². The maximum Gasteiger partial charge on any atom is 0.316 e. The molecule has 0 heterocycles. The summed E-state index contributed by atoms with van der Waals surface area (Å²) in [5.41, 5.74) is 7.13. The smallest absolute Gasteiger partial charge is 0.316 e. The highest BCUT2D eigenvalue weighted by atomic mass is 16.5. The van der Waals surface area contributed by atoms with Crippen molar-refractivity contribution in [3.8, 4) is 0 Å². The molecule has 0 fully saturated rings. The Kier molecular flexibility index (Phi) is 2.82. The van der Waals surface area contributed by atoms with Crippen LogP contribution in [0, 0.1) is 5.92 Å². The number of esters is 1. The Balaban J connectivity index is 2.88. The van der Waals surface area contributed by atoms with E-state index in [1.54, 1.807) is 24.3 Å². The van der Waals surface area contributed by atoms with Gasteiger partial charge in [0.05, 0.1) is 7.11 Å². The van der Waals surface area contributed by atoms with E-state index in [-0.39, 0.29) is 0 Å². The lowest BCUT2D eigenvalue weighted by Gasteiger charge is -2.31. The minimum atomic E-state index is -1.05. The van der Waals surface area contributed by atoms with E-state index in [4.69, 9.17) is 11.6 Å². The van der Waals surface area contributed by atoms with Gasteiger partial charge in [-0.15, -0.1) is 0 Å². The molecule has 0 amide bonds. The van der Waals surface area contributed by atoms with E-state index in [0.29, 0.717) is 0 Å². The number of methoxy groups -OCH3 is 1. The molecule has 13 heavy (non-hydrogen) atoms. The monoisotopic (exact) mass is 183 g/mol. The minimum Gasteiger partial charge on any atom is -0.468 e. The van der Waals surface area contributed by atoms with Gasteiger partial charge in [-0.3, -0.25) is 10.6 Å². The Morgan fingerprint density at radius 3 is 2.85 bits per heavy atom. The molecule has 1 aliphatic carbocycles. The lowest BCUT2D eigenvalue weighted by molar-refractivity contribution is -0.145. The molecular weight excluding hydrogens is 170 g/mol. The summed E-state index contributed by atoms with van der Waals surface area (Å²) >= 11 is 0. The van der Waals surface area contributed by atoms with E-state index < -0.39 is 17.6 Å². The second kappa shape index (κ2) is 3.69. The number of hydrogen-bond acceptors (Lipinski definition) is 5. The normalized spacial score (nSPS) is 31.8. The third-order valence-electron chi connectivity index (χ3n) is 2.01. The molecule has 0 saturated carbocycles. The maximum absolute atomic E-state index is 11.3. The predicted octanol–water partition coefficient (Wildman–Crippen LogP) is -0.980. The number of ether oxygens (including phenoxy) is 1. The first-order valence-electron chi connectivity index (χ1n) is 3.84. The summed E-state index contributed by atoms with van der Waals surface area (Å²) in [5.74, 6) is 4.25. The molecule has 5 N–H and O–H groups in total. The fourth-order valence-corrected chi connectivity index (χ4v) is 1.19. The molecule has 0 aliphatic heterocycles. The Hall–Kier alpha value is -1.17. The van der Waals surface area contributed by atoms with Crippen molar-refractivity contribution in [2.24, 2.45) is 17.5 Å². The van der Waals surface area contributed by atoms with Crippen molar-refractivity contribution >= 4 is 5.97 Å². The molecule has 5 nitrogen and oxygen atoms in total. The van der Waals surface area contributed by atoms with Gasteiger partial charge in [0.2, 0.25) is 0 Å². The number of carbonyl (C=O) groups is 1. The molecule has 0 radical (unpaired) electrons. The second-order valence-corrected chi connectivity index (χ2v) is 2.82. The lowest BCUT2D eigenvalue weighted by Crippen LogP contribution is -2.62. The first kappa shape index (κ1) is 9.91. The molecule has 0 saturated heterocycles. The van der Waals surface area contributed by atoms with Crippen LogP contribution in [0.5, 0.6) is 0 Å². The number of nitrogens with two attached hydrogens (primary N) is 2. The second-order valence-electron chi connectivity index (χ2n) is 2.82. The van der Waals surface area contributed by atoms with Crippen LogP contribution in [0.1, 0.15) is 0 Å². The van der Waals surface area contributed by atoms with Crippen LogP contribution in [0.25, 0.3) is 0 Å². The molecule has 2 atom stereocenters. The minimum absolute atomic E-state index is 0.416. The largest absolute Gasteiger partial charge is 0.468 e. The average molecular weight is 183 g/mol. The predicted molar refractivity (Wildman–Crippen MR) is 48.0 cm³/mol. The zero-order valence-corrected chi connectivity index (χ0v) is 7.36. The molecule has 5 heteroatoms. The maximum atomic E-state index is 11.3. The van der Waals surface area contributed by atoms with Gasteiger partial charge in [-0.1, -0.05) is 18.2 Å². The van der Waals surface area contributed by atoms with Crippen molar-refractivity contribution in [2.45, 2.75) is 5.66 Å². The average Bonchev–Trinajstić information content (AvgIpc) is 2.17. The molecule has 72 valence electrons. The molecule has 2 unspecified atom stereocenters.